The highest BCUT2D eigenvalue weighted by Gasteiger charge is 2.37. The maximum absolute atomic E-state index is 11.9. The molecule has 1 atom stereocenters. The number of imide groups is 1. The molecule has 2 aliphatic heterocycles. The summed E-state index contributed by atoms with van der Waals surface area (Å²) in [5.74, 6) is 0.327. The second-order valence-corrected chi connectivity index (χ2v) is 5.75. The van der Waals surface area contributed by atoms with Crippen LogP contribution in [0.4, 0.5) is 5.69 Å². The summed E-state index contributed by atoms with van der Waals surface area (Å²) in [4.78, 5) is 29.9. The number of carbonyl (C=O) groups excluding carboxylic acids is 2. The Balaban J connectivity index is 1.76. The molecule has 1 N–H and O–H groups in total. The molecule has 5 nitrogen and oxygen atoms in total. The molecule has 2 amide bonds. The molecule has 1 saturated heterocycles. The van der Waals surface area contributed by atoms with Crippen LogP contribution in [0.2, 0.25) is 0 Å². The summed E-state index contributed by atoms with van der Waals surface area (Å²) < 4.78 is 0. The van der Waals surface area contributed by atoms with Crippen LogP contribution in [0, 0.1) is 0 Å². The molecule has 0 aromatic heterocycles. The SMILES string of the molecule is CC1=Nc2cc3ccccc3cc2CN1C1CC(=O)NC1=O. The third-order valence-electron chi connectivity index (χ3n) is 4.31. The minimum atomic E-state index is -0.448. The lowest BCUT2D eigenvalue weighted by molar-refractivity contribution is -0.125. The quantitative estimate of drug-likeness (QED) is 0.819. The van der Waals surface area contributed by atoms with Crippen molar-refractivity contribution in [3.05, 3.63) is 42.0 Å². The van der Waals surface area contributed by atoms with Gasteiger partial charge in [-0.25, -0.2) is 4.99 Å². The number of rotatable bonds is 1. The minimum Gasteiger partial charge on any atom is -0.343 e. The minimum absolute atomic E-state index is 0.203. The molecule has 4 rings (SSSR count). The van der Waals surface area contributed by atoms with Gasteiger partial charge in [-0.2, -0.15) is 0 Å². The average molecular weight is 293 g/mol. The van der Waals surface area contributed by atoms with Gasteiger partial charge in [0.2, 0.25) is 11.8 Å². The number of amides is 2. The Morgan fingerprint density at radius 1 is 1.18 bits per heavy atom. The third-order valence-corrected chi connectivity index (χ3v) is 4.31. The zero-order valence-corrected chi connectivity index (χ0v) is 12.2. The predicted octanol–water partition coefficient (Wildman–Crippen LogP) is 2.12. The topological polar surface area (TPSA) is 61.8 Å². The number of nitrogens with zero attached hydrogens (tertiary/aromatic N) is 2. The van der Waals surface area contributed by atoms with Crippen molar-refractivity contribution in [3.8, 4) is 0 Å². The lowest BCUT2D eigenvalue weighted by Gasteiger charge is -2.32. The van der Waals surface area contributed by atoms with Gasteiger partial charge in [0.05, 0.1) is 12.1 Å². The molecule has 0 bridgehead atoms. The summed E-state index contributed by atoms with van der Waals surface area (Å²) in [6, 6.07) is 11.9. The normalized spacial score (nSPS) is 20.9. The average Bonchev–Trinajstić information content (AvgIpc) is 2.83. The highest BCUT2D eigenvalue weighted by molar-refractivity contribution is 6.07. The Bertz CT molecular complexity index is 841. The fraction of sp³-hybridized carbons (Fsp3) is 0.235. The smallest absolute Gasteiger partial charge is 0.249 e. The second kappa shape index (κ2) is 4.66. The predicted molar refractivity (Wildman–Crippen MR) is 83.8 cm³/mol. The van der Waals surface area contributed by atoms with Crippen LogP contribution in [-0.2, 0) is 16.1 Å². The zero-order chi connectivity index (χ0) is 15.3. The molecule has 22 heavy (non-hydrogen) atoms. The van der Waals surface area contributed by atoms with Crippen molar-refractivity contribution >= 4 is 34.1 Å². The standard InChI is InChI=1S/C17H15N3O2/c1-10-18-14-7-12-5-3-2-4-11(12)6-13(14)9-20(10)15-8-16(21)19-17(15)22/h2-7,15H,8-9H2,1H3,(H,19,21,22). The van der Waals surface area contributed by atoms with E-state index < -0.39 is 6.04 Å². The molecule has 2 aliphatic rings. The van der Waals surface area contributed by atoms with Gasteiger partial charge in [-0.15, -0.1) is 0 Å². The molecule has 0 radical (unpaired) electrons. The van der Waals surface area contributed by atoms with Gasteiger partial charge in [-0.1, -0.05) is 24.3 Å². The summed E-state index contributed by atoms with van der Waals surface area (Å²) in [5.41, 5.74) is 2.02. The maximum atomic E-state index is 11.9. The Labute approximate surface area is 127 Å². The molecular weight excluding hydrogens is 278 g/mol. The second-order valence-electron chi connectivity index (χ2n) is 5.75. The monoisotopic (exact) mass is 293 g/mol. The van der Waals surface area contributed by atoms with Gasteiger partial charge in [-0.3, -0.25) is 14.9 Å². The van der Waals surface area contributed by atoms with Crippen LogP contribution < -0.4 is 5.32 Å². The van der Waals surface area contributed by atoms with E-state index in [1.54, 1.807) is 0 Å². The van der Waals surface area contributed by atoms with Gasteiger partial charge < -0.3 is 4.90 Å². The number of hydrogen-bond acceptors (Lipinski definition) is 4. The van der Waals surface area contributed by atoms with Crippen molar-refractivity contribution in [2.75, 3.05) is 0 Å². The molecule has 2 heterocycles. The van der Waals surface area contributed by atoms with E-state index in [-0.39, 0.29) is 18.2 Å². The lowest BCUT2D eigenvalue weighted by atomic mass is 10.0. The number of benzene rings is 2. The fourth-order valence-corrected chi connectivity index (χ4v) is 3.17. The summed E-state index contributed by atoms with van der Waals surface area (Å²) in [5, 5.41) is 4.67. The highest BCUT2D eigenvalue weighted by atomic mass is 16.2. The Kier molecular flexibility index (Phi) is 2.76. The summed E-state index contributed by atoms with van der Waals surface area (Å²) in [6.07, 6.45) is 0.203. The molecule has 1 unspecified atom stereocenters. The van der Waals surface area contributed by atoms with Crippen molar-refractivity contribution in [2.45, 2.75) is 25.9 Å². The number of hydrogen-bond donors (Lipinski definition) is 1. The number of aliphatic imine (C=N–C) groups is 1. The first-order valence-corrected chi connectivity index (χ1v) is 7.29. The van der Waals surface area contributed by atoms with E-state index in [1.807, 2.05) is 24.0 Å². The van der Waals surface area contributed by atoms with Gasteiger partial charge in [-0.05, 0) is 35.4 Å². The van der Waals surface area contributed by atoms with Crippen molar-refractivity contribution in [3.63, 3.8) is 0 Å². The van der Waals surface area contributed by atoms with Gasteiger partial charge >= 0.3 is 0 Å². The number of amidine groups is 1. The number of fused-ring (bicyclic) bond motifs is 2. The van der Waals surface area contributed by atoms with Crippen LogP contribution >= 0.6 is 0 Å². The molecule has 0 saturated carbocycles. The lowest BCUT2D eigenvalue weighted by Crippen LogP contribution is -2.44. The fourth-order valence-electron chi connectivity index (χ4n) is 3.17. The molecule has 110 valence electrons. The van der Waals surface area contributed by atoms with Gasteiger partial charge in [0.15, 0.2) is 0 Å². The maximum Gasteiger partial charge on any atom is 0.249 e. The molecule has 0 aliphatic carbocycles. The number of carbonyl (C=O) groups is 2. The van der Waals surface area contributed by atoms with Crippen molar-refractivity contribution in [1.82, 2.24) is 10.2 Å². The van der Waals surface area contributed by atoms with Gasteiger partial charge in [0, 0.05) is 6.54 Å². The van der Waals surface area contributed by atoms with Crippen molar-refractivity contribution < 1.29 is 9.59 Å². The third kappa shape index (κ3) is 1.97. The Morgan fingerprint density at radius 3 is 2.59 bits per heavy atom. The molecule has 0 spiro atoms. The van der Waals surface area contributed by atoms with Gasteiger partial charge in [0.1, 0.15) is 11.9 Å². The summed E-state index contributed by atoms with van der Waals surface area (Å²) in [7, 11) is 0. The molecule has 5 heteroatoms. The van der Waals surface area contributed by atoms with E-state index in [0.717, 1.165) is 27.9 Å². The Hall–Kier alpha value is -2.69. The molecular formula is C17H15N3O2. The van der Waals surface area contributed by atoms with E-state index in [1.165, 1.54) is 0 Å². The highest BCUT2D eigenvalue weighted by Crippen LogP contribution is 2.32. The van der Waals surface area contributed by atoms with E-state index >= 15 is 0 Å². The van der Waals surface area contributed by atoms with Crippen LogP contribution in [-0.4, -0.2) is 28.6 Å². The van der Waals surface area contributed by atoms with Crippen LogP contribution in [0.15, 0.2) is 41.4 Å². The van der Waals surface area contributed by atoms with Gasteiger partial charge in [0.25, 0.3) is 0 Å². The number of nitrogens with one attached hydrogen (secondary N) is 1. The summed E-state index contributed by atoms with van der Waals surface area (Å²) >= 11 is 0. The Morgan fingerprint density at radius 2 is 1.91 bits per heavy atom. The molecule has 2 aromatic carbocycles. The van der Waals surface area contributed by atoms with Crippen LogP contribution in [0.1, 0.15) is 18.9 Å². The van der Waals surface area contributed by atoms with Crippen LogP contribution in [0.3, 0.4) is 0 Å². The summed E-state index contributed by atoms with van der Waals surface area (Å²) in [6.45, 7) is 2.48. The van der Waals surface area contributed by atoms with E-state index in [2.05, 4.69) is 34.6 Å². The largest absolute Gasteiger partial charge is 0.343 e. The first-order valence-electron chi connectivity index (χ1n) is 7.29. The van der Waals surface area contributed by atoms with Crippen LogP contribution in [0.5, 0.6) is 0 Å². The van der Waals surface area contributed by atoms with E-state index in [4.69, 9.17) is 0 Å². The zero-order valence-electron chi connectivity index (χ0n) is 12.2. The van der Waals surface area contributed by atoms with Crippen LogP contribution in [0.25, 0.3) is 10.8 Å². The first-order chi connectivity index (χ1) is 10.6. The van der Waals surface area contributed by atoms with Crippen molar-refractivity contribution in [1.29, 1.82) is 0 Å². The molecule has 2 aromatic rings. The van der Waals surface area contributed by atoms with E-state index in [9.17, 15) is 9.59 Å². The molecule has 1 fully saturated rings. The van der Waals surface area contributed by atoms with E-state index in [0.29, 0.717) is 6.54 Å². The first kappa shape index (κ1) is 13.0. The van der Waals surface area contributed by atoms with Crippen molar-refractivity contribution in [2.24, 2.45) is 4.99 Å².